The van der Waals surface area contributed by atoms with E-state index in [0.717, 1.165) is 12.0 Å². The fourth-order valence-electron chi connectivity index (χ4n) is 2.24. The number of piperazine rings is 1. The Balaban J connectivity index is 1.71. The van der Waals surface area contributed by atoms with Crippen LogP contribution in [0.3, 0.4) is 0 Å². The highest BCUT2D eigenvalue weighted by molar-refractivity contribution is 4.91. The molecular weight excluding hydrogens is 160 g/mol. The first-order chi connectivity index (χ1) is 6.40. The SMILES string of the molecule is CCCCN1CCNC(C2CC2)C1. The molecule has 13 heavy (non-hydrogen) atoms. The monoisotopic (exact) mass is 182 g/mol. The molecule has 0 aromatic rings. The first-order valence-corrected chi connectivity index (χ1v) is 5.86. The maximum atomic E-state index is 3.65. The molecule has 0 spiro atoms. The number of rotatable bonds is 4. The third-order valence-corrected chi connectivity index (χ3v) is 3.31. The fraction of sp³-hybridized carbons (Fsp3) is 1.00. The lowest BCUT2D eigenvalue weighted by molar-refractivity contribution is 0.186. The standard InChI is InChI=1S/C11H22N2/c1-2-3-7-13-8-6-12-11(9-13)10-4-5-10/h10-12H,2-9H2,1H3. The molecule has 1 saturated heterocycles. The summed E-state index contributed by atoms with van der Waals surface area (Å²) in [7, 11) is 0. The Kier molecular flexibility index (Phi) is 3.23. The van der Waals surface area contributed by atoms with Gasteiger partial charge in [0.1, 0.15) is 0 Å². The topological polar surface area (TPSA) is 15.3 Å². The van der Waals surface area contributed by atoms with Crippen LogP contribution in [0.25, 0.3) is 0 Å². The van der Waals surface area contributed by atoms with Crippen LogP contribution in [-0.4, -0.2) is 37.1 Å². The molecule has 2 heteroatoms. The van der Waals surface area contributed by atoms with Gasteiger partial charge in [-0.25, -0.2) is 0 Å². The van der Waals surface area contributed by atoms with Gasteiger partial charge in [0.25, 0.3) is 0 Å². The van der Waals surface area contributed by atoms with Crippen molar-refractivity contribution in [1.29, 1.82) is 0 Å². The minimum absolute atomic E-state index is 0.825. The normalized spacial score (nSPS) is 30.7. The molecule has 76 valence electrons. The van der Waals surface area contributed by atoms with E-state index in [1.54, 1.807) is 0 Å². The van der Waals surface area contributed by atoms with Gasteiger partial charge in [0.2, 0.25) is 0 Å². The molecule has 1 atom stereocenters. The summed E-state index contributed by atoms with van der Waals surface area (Å²) >= 11 is 0. The molecule has 0 aromatic heterocycles. The minimum atomic E-state index is 0.825. The summed E-state index contributed by atoms with van der Waals surface area (Å²) in [4.78, 5) is 2.64. The second kappa shape index (κ2) is 4.43. The Morgan fingerprint density at radius 3 is 2.92 bits per heavy atom. The Morgan fingerprint density at radius 2 is 2.23 bits per heavy atom. The zero-order valence-corrected chi connectivity index (χ0v) is 8.76. The number of hydrogen-bond acceptors (Lipinski definition) is 2. The molecule has 0 radical (unpaired) electrons. The largest absolute Gasteiger partial charge is 0.311 e. The molecule has 1 aliphatic heterocycles. The molecule has 0 aromatic carbocycles. The van der Waals surface area contributed by atoms with Gasteiger partial charge in [-0.3, -0.25) is 0 Å². The predicted octanol–water partition coefficient (Wildman–Crippen LogP) is 1.47. The van der Waals surface area contributed by atoms with Crippen LogP contribution in [0.1, 0.15) is 32.6 Å². The summed E-state index contributed by atoms with van der Waals surface area (Å²) in [5, 5.41) is 3.65. The van der Waals surface area contributed by atoms with Gasteiger partial charge in [0.05, 0.1) is 0 Å². The molecule has 1 unspecified atom stereocenters. The first kappa shape index (κ1) is 9.47. The van der Waals surface area contributed by atoms with Gasteiger partial charge in [0, 0.05) is 25.7 Å². The van der Waals surface area contributed by atoms with Gasteiger partial charge < -0.3 is 10.2 Å². The van der Waals surface area contributed by atoms with Gasteiger partial charge in [0.15, 0.2) is 0 Å². The molecule has 1 aliphatic carbocycles. The Labute approximate surface area is 81.7 Å². The summed E-state index contributed by atoms with van der Waals surface area (Å²) in [5.41, 5.74) is 0. The van der Waals surface area contributed by atoms with Gasteiger partial charge >= 0.3 is 0 Å². The summed E-state index contributed by atoms with van der Waals surface area (Å²) in [6, 6.07) is 0.825. The highest BCUT2D eigenvalue weighted by atomic mass is 15.2. The molecular formula is C11H22N2. The number of hydrogen-bond donors (Lipinski definition) is 1. The van der Waals surface area contributed by atoms with Crippen molar-refractivity contribution >= 4 is 0 Å². The van der Waals surface area contributed by atoms with Crippen molar-refractivity contribution in [1.82, 2.24) is 10.2 Å². The number of nitrogens with one attached hydrogen (secondary N) is 1. The van der Waals surface area contributed by atoms with Crippen LogP contribution in [0.15, 0.2) is 0 Å². The minimum Gasteiger partial charge on any atom is -0.311 e. The molecule has 1 saturated carbocycles. The van der Waals surface area contributed by atoms with E-state index in [1.807, 2.05) is 0 Å². The lowest BCUT2D eigenvalue weighted by atomic mass is 10.1. The molecule has 2 nitrogen and oxygen atoms in total. The average molecular weight is 182 g/mol. The Bertz CT molecular complexity index is 154. The van der Waals surface area contributed by atoms with Crippen molar-refractivity contribution in [3.8, 4) is 0 Å². The summed E-state index contributed by atoms with van der Waals surface area (Å²) < 4.78 is 0. The molecule has 2 rings (SSSR count). The molecule has 0 bridgehead atoms. The summed E-state index contributed by atoms with van der Waals surface area (Å²) in [6.45, 7) is 7.39. The van der Waals surface area contributed by atoms with E-state index < -0.39 is 0 Å². The molecule has 1 heterocycles. The van der Waals surface area contributed by atoms with E-state index in [-0.39, 0.29) is 0 Å². The van der Waals surface area contributed by atoms with Crippen LogP contribution in [0, 0.1) is 5.92 Å². The maximum Gasteiger partial charge on any atom is 0.0223 e. The first-order valence-electron chi connectivity index (χ1n) is 5.86. The van der Waals surface area contributed by atoms with E-state index >= 15 is 0 Å². The van der Waals surface area contributed by atoms with Crippen molar-refractivity contribution in [3.05, 3.63) is 0 Å². The van der Waals surface area contributed by atoms with Crippen LogP contribution in [-0.2, 0) is 0 Å². The molecule has 0 amide bonds. The van der Waals surface area contributed by atoms with Crippen LogP contribution >= 0.6 is 0 Å². The van der Waals surface area contributed by atoms with Crippen molar-refractivity contribution in [2.24, 2.45) is 5.92 Å². The van der Waals surface area contributed by atoms with Gasteiger partial charge in [-0.1, -0.05) is 13.3 Å². The maximum absolute atomic E-state index is 3.65. The lowest BCUT2D eigenvalue weighted by Gasteiger charge is -2.33. The fourth-order valence-corrected chi connectivity index (χ4v) is 2.24. The quantitative estimate of drug-likeness (QED) is 0.708. The summed E-state index contributed by atoms with van der Waals surface area (Å²) in [5.74, 6) is 1.02. The zero-order valence-electron chi connectivity index (χ0n) is 8.76. The van der Waals surface area contributed by atoms with E-state index in [4.69, 9.17) is 0 Å². The number of unbranched alkanes of at least 4 members (excludes halogenated alkanes) is 1. The van der Waals surface area contributed by atoms with Gasteiger partial charge in [-0.05, 0) is 31.7 Å². The zero-order chi connectivity index (χ0) is 9.10. The van der Waals surface area contributed by atoms with Crippen molar-refractivity contribution in [2.45, 2.75) is 38.6 Å². The highest BCUT2D eigenvalue weighted by Crippen LogP contribution is 2.33. The smallest absolute Gasteiger partial charge is 0.0223 e. The second-order valence-corrected chi connectivity index (χ2v) is 4.55. The van der Waals surface area contributed by atoms with Crippen LogP contribution in [0.2, 0.25) is 0 Å². The average Bonchev–Trinajstić information content (AvgIpc) is 2.98. The third-order valence-electron chi connectivity index (χ3n) is 3.31. The van der Waals surface area contributed by atoms with E-state index in [0.29, 0.717) is 0 Å². The number of nitrogens with zero attached hydrogens (tertiary/aromatic N) is 1. The van der Waals surface area contributed by atoms with Crippen LogP contribution < -0.4 is 5.32 Å². The molecule has 1 N–H and O–H groups in total. The molecule has 2 aliphatic rings. The lowest BCUT2D eigenvalue weighted by Crippen LogP contribution is -2.51. The second-order valence-electron chi connectivity index (χ2n) is 4.55. The van der Waals surface area contributed by atoms with Crippen LogP contribution in [0.5, 0.6) is 0 Å². The van der Waals surface area contributed by atoms with Crippen LogP contribution in [0.4, 0.5) is 0 Å². The van der Waals surface area contributed by atoms with Gasteiger partial charge in [-0.15, -0.1) is 0 Å². The molecule has 2 fully saturated rings. The Hall–Kier alpha value is -0.0800. The van der Waals surface area contributed by atoms with Crippen molar-refractivity contribution < 1.29 is 0 Å². The summed E-state index contributed by atoms with van der Waals surface area (Å²) in [6.07, 6.45) is 5.65. The van der Waals surface area contributed by atoms with Crippen molar-refractivity contribution in [2.75, 3.05) is 26.2 Å². The van der Waals surface area contributed by atoms with Crippen molar-refractivity contribution in [3.63, 3.8) is 0 Å². The van der Waals surface area contributed by atoms with E-state index in [9.17, 15) is 0 Å². The predicted molar refractivity (Wildman–Crippen MR) is 55.9 cm³/mol. The van der Waals surface area contributed by atoms with E-state index in [2.05, 4.69) is 17.1 Å². The third kappa shape index (κ3) is 2.68. The van der Waals surface area contributed by atoms with E-state index in [1.165, 1.54) is 51.9 Å². The Morgan fingerprint density at radius 1 is 1.38 bits per heavy atom. The van der Waals surface area contributed by atoms with Gasteiger partial charge in [-0.2, -0.15) is 0 Å². The highest BCUT2D eigenvalue weighted by Gasteiger charge is 2.33.